The summed E-state index contributed by atoms with van der Waals surface area (Å²) in [5.74, 6) is -1.09. The average molecular weight is 379 g/mol. The van der Waals surface area contributed by atoms with Crippen LogP contribution in [0.1, 0.15) is 30.8 Å². The van der Waals surface area contributed by atoms with E-state index in [0.29, 0.717) is 23.7 Å². The summed E-state index contributed by atoms with van der Waals surface area (Å²) in [6.07, 6.45) is 0.469. The number of aromatic nitrogens is 1. The number of carbonyl (C=O) groups excluding carboxylic acids is 1. The van der Waals surface area contributed by atoms with Crippen molar-refractivity contribution in [1.29, 1.82) is 0 Å². The number of hydrogen-bond donors (Lipinski definition) is 1. The monoisotopic (exact) mass is 378 g/mol. The number of carbonyl (C=O) groups is 2. The number of nitrogens with zero attached hydrogens (tertiary/aromatic N) is 2. The van der Waals surface area contributed by atoms with Crippen molar-refractivity contribution >= 4 is 34.8 Å². The highest BCUT2D eigenvalue weighted by molar-refractivity contribution is 7.13. The predicted molar refractivity (Wildman–Crippen MR) is 98.0 cm³/mol. The number of halogens is 1. The number of hydrogen-bond acceptors (Lipinski definition) is 4. The summed E-state index contributed by atoms with van der Waals surface area (Å²) in [7, 11) is 0. The van der Waals surface area contributed by atoms with Crippen molar-refractivity contribution < 1.29 is 14.7 Å². The molecule has 0 saturated carbocycles. The summed E-state index contributed by atoms with van der Waals surface area (Å²) in [4.78, 5) is 30.5. The third-order valence-corrected chi connectivity index (χ3v) is 6.04. The fourth-order valence-corrected chi connectivity index (χ4v) is 4.17. The van der Waals surface area contributed by atoms with Crippen LogP contribution in [-0.4, -0.2) is 40.0 Å². The third-order valence-electron chi connectivity index (χ3n) is 4.91. The Morgan fingerprint density at radius 1 is 1.40 bits per heavy atom. The van der Waals surface area contributed by atoms with Gasteiger partial charge in [-0.05, 0) is 24.5 Å². The quantitative estimate of drug-likeness (QED) is 0.871. The fraction of sp³-hybridized carbons (Fsp3) is 0.389. The first-order valence-corrected chi connectivity index (χ1v) is 9.33. The van der Waals surface area contributed by atoms with Gasteiger partial charge in [0.15, 0.2) is 0 Å². The van der Waals surface area contributed by atoms with Crippen molar-refractivity contribution in [2.75, 3.05) is 13.1 Å². The molecular weight excluding hydrogens is 360 g/mol. The van der Waals surface area contributed by atoms with Gasteiger partial charge < -0.3 is 10.0 Å². The second-order valence-corrected chi connectivity index (χ2v) is 7.94. The van der Waals surface area contributed by atoms with Crippen LogP contribution in [0, 0.1) is 11.3 Å². The van der Waals surface area contributed by atoms with E-state index in [4.69, 9.17) is 11.6 Å². The zero-order valence-corrected chi connectivity index (χ0v) is 15.6. The smallest absolute Gasteiger partial charge is 0.311 e. The Labute approximate surface area is 155 Å². The van der Waals surface area contributed by atoms with Crippen LogP contribution in [0.3, 0.4) is 0 Å². The lowest BCUT2D eigenvalue weighted by Crippen LogP contribution is -2.40. The minimum Gasteiger partial charge on any atom is -0.481 e. The Morgan fingerprint density at radius 2 is 2.16 bits per heavy atom. The Bertz CT molecular complexity index is 820. The van der Waals surface area contributed by atoms with Gasteiger partial charge in [0.25, 0.3) is 5.91 Å². The van der Waals surface area contributed by atoms with Gasteiger partial charge in [-0.25, -0.2) is 4.98 Å². The summed E-state index contributed by atoms with van der Waals surface area (Å²) in [6.45, 7) is 4.45. The SMILES string of the molecule is CC(C)C1(C(=O)O)CCN(C(=O)c2csc(-c3cccc(Cl)c3)n2)C1. The number of amides is 1. The number of rotatable bonds is 4. The Morgan fingerprint density at radius 3 is 2.76 bits per heavy atom. The molecule has 7 heteroatoms. The molecule has 0 aliphatic carbocycles. The largest absolute Gasteiger partial charge is 0.481 e. The first-order chi connectivity index (χ1) is 11.8. The van der Waals surface area contributed by atoms with Crippen LogP contribution in [-0.2, 0) is 4.79 Å². The van der Waals surface area contributed by atoms with Crippen LogP contribution in [0.5, 0.6) is 0 Å². The maximum Gasteiger partial charge on any atom is 0.311 e. The molecular formula is C18H19ClN2O3S. The van der Waals surface area contributed by atoms with E-state index >= 15 is 0 Å². The maximum absolute atomic E-state index is 12.7. The van der Waals surface area contributed by atoms with Gasteiger partial charge >= 0.3 is 5.97 Å². The van der Waals surface area contributed by atoms with Gasteiger partial charge in [0, 0.05) is 29.1 Å². The maximum atomic E-state index is 12.7. The second kappa shape index (κ2) is 6.77. The summed E-state index contributed by atoms with van der Waals surface area (Å²) >= 11 is 7.38. The molecule has 1 unspecified atom stereocenters. The van der Waals surface area contributed by atoms with E-state index in [1.54, 1.807) is 22.4 Å². The van der Waals surface area contributed by atoms with Gasteiger partial charge in [0.2, 0.25) is 0 Å². The summed E-state index contributed by atoms with van der Waals surface area (Å²) in [5.41, 5.74) is 0.339. The van der Waals surface area contributed by atoms with E-state index in [2.05, 4.69) is 4.98 Å². The van der Waals surface area contributed by atoms with E-state index in [1.165, 1.54) is 11.3 Å². The average Bonchev–Trinajstić information content (AvgIpc) is 3.22. The van der Waals surface area contributed by atoms with Gasteiger partial charge in [-0.1, -0.05) is 37.6 Å². The summed E-state index contributed by atoms with van der Waals surface area (Å²) < 4.78 is 0. The van der Waals surface area contributed by atoms with Crippen molar-refractivity contribution in [3.05, 3.63) is 40.4 Å². The lowest BCUT2D eigenvalue weighted by molar-refractivity contribution is -0.150. The molecule has 1 aromatic heterocycles. The van der Waals surface area contributed by atoms with E-state index in [9.17, 15) is 14.7 Å². The van der Waals surface area contributed by atoms with E-state index in [0.717, 1.165) is 10.6 Å². The molecule has 0 spiro atoms. The van der Waals surface area contributed by atoms with Gasteiger partial charge in [-0.2, -0.15) is 0 Å². The van der Waals surface area contributed by atoms with E-state index in [-0.39, 0.29) is 18.4 Å². The zero-order chi connectivity index (χ0) is 18.2. The molecule has 2 aromatic rings. The lowest BCUT2D eigenvalue weighted by Gasteiger charge is -2.28. The van der Waals surface area contributed by atoms with Crippen LogP contribution in [0.4, 0.5) is 0 Å². The highest BCUT2D eigenvalue weighted by atomic mass is 35.5. The van der Waals surface area contributed by atoms with Crippen molar-refractivity contribution in [3.63, 3.8) is 0 Å². The molecule has 1 saturated heterocycles. The number of carboxylic acids is 1. The Balaban J connectivity index is 1.80. The lowest BCUT2D eigenvalue weighted by atomic mass is 9.76. The summed E-state index contributed by atoms with van der Waals surface area (Å²) in [5, 5.41) is 12.7. The standard InChI is InChI=1S/C18H19ClN2O3S/c1-11(2)18(17(23)24)6-7-21(10-18)16(22)14-9-25-15(20-14)12-4-3-5-13(19)8-12/h3-5,8-9,11H,6-7,10H2,1-2H3,(H,23,24). The molecule has 25 heavy (non-hydrogen) atoms. The van der Waals surface area contributed by atoms with Crippen molar-refractivity contribution in [3.8, 4) is 10.6 Å². The Kier molecular flexibility index (Phi) is 4.84. The molecule has 1 fully saturated rings. The number of thiazole rings is 1. The minimum atomic E-state index is -0.874. The van der Waals surface area contributed by atoms with Crippen molar-refractivity contribution in [2.24, 2.45) is 11.3 Å². The summed E-state index contributed by atoms with van der Waals surface area (Å²) in [6, 6.07) is 7.32. The zero-order valence-electron chi connectivity index (χ0n) is 14.0. The topological polar surface area (TPSA) is 70.5 Å². The van der Waals surface area contributed by atoms with Crippen molar-refractivity contribution in [1.82, 2.24) is 9.88 Å². The van der Waals surface area contributed by atoms with E-state index in [1.807, 2.05) is 26.0 Å². The van der Waals surface area contributed by atoms with Crippen molar-refractivity contribution in [2.45, 2.75) is 20.3 Å². The van der Waals surface area contributed by atoms with E-state index < -0.39 is 11.4 Å². The molecule has 0 radical (unpaired) electrons. The molecule has 2 heterocycles. The van der Waals surface area contributed by atoms with Crippen LogP contribution in [0.2, 0.25) is 5.02 Å². The van der Waals surface area contributed by atoms with Crippen LogP contribution in [0.25, 0.3) is 10.6 Å². The van der Waals surface area contributed by atoms with Crippen LogP contribution in [0.15, 0.2) is 29.6 Å². The molecule has 3 rings (SSSR count). The molecule has 132 valence electrons. The number of aliphatic carboxylic acids is 1. The Hall–Kier alpha value is -1.92. The van der Waals surface area contributed by atoms with Gasteiger partial charge in [0.1, 0.15) is 10.7 Å². The van der Waals surface area contributed by atoms with Gasteiger partial charge in [0.05, 0.1) is 5.41 Å². The first kappa shape index (κ1) is 17.9. The highest BCUT2D eigenvalue weighted by Gasteiger charge is 2.48. The molecule has 1 aromatic carbocycles. The molecule has 0 bridgehead atoms. The predicted octanol–water partition coefficient (Wildman–Crippen LogP) is 4.04. The molecule has 1 aliphatic heterocycles. The number of carboxylic acid groups (broad SMARTS) is 1. The normalized spacial score (nSPS) is 20.2. The van der Waals surface area contributed by atoms with Crippen LogP contribution >= 0.6 is 22.9 Å². The first-order valence-electron chi connectivity index (χ1n) is 8.07. The van der Waals surface area contributed by atoms with Gasteiger partial charge in [-0.3, -0.25) is 9.59 Å². The molecule has 1 amide bonds. The fourth-order valence-electron chi connectivity index (χ4n) is 3.19. The highest BCUT2D eigenvalue weighted by Crippen LogP contribution is 2.39. The third kappa shape index (κ3) is 3.28. The van der Waals surface area contributed by atoms with Crippen LogP contribution < -0.4 is 0 Å². The molecule has 1 atom stereocenters. The molecule has 5 nitrogen and oxygen atoms in total. The number of benzene rings is 1. The number of likely N-dealkylation sites (tertiary alicyclic amines) is 1. The van der Waals surface area contributed by atoms with Gasteiger partial charge in [-0.15, -0.1) is 11.3 Å². The minimum absolute atomic E-state index is 0.0414. The molecule has 1 aliphatic rings. The second-order valence-electron chi connectivity index (χ2n) is 6.64. The molecule has 1 N–H and O–H groups in total.